The molecule has 0 aliphatic carbocycles. The van der Waals surface area contributed by atoms with E-state index < -0.39 is 7.75 Å². The van der Waals surface area contributed by atoms with Crippen LogP contribution in [0.4, 0.5) is 9.41 Å². The molecule has 0 aromatic rings. The Morgan fingerprint density at radius 1 is 1.29 bits per heavy atom. The van der Waals surface area contributed by atoms with Crippen molar-refractivity contribution in [3.8, 4) is 0 Å². The first-order chi connectivity index (χ1) is 2.00. The van der Waals surface area contributed by atoms with Crippen LogP contribution in [0.2, 0.25) is 0 Å². The number of hydrogen-bond acceptors (Lipinski definition) is 1. The Morgan fingerprint density at radius 3 is 1.29 bits per heavy atom. The summed E-state index contributed by atoms with van der Waals surface area (Å²) in [5, 5.41) is 0. The average Bonchev–Trinajstić information content (AvgIpc) is 0.722. The average molecular weight is 137 g/mol. The third kappa shape index (κ3) is 105000. The molecule has 4 nitrogen and oxygen atoms in total. The van der Waals surface area contributed by atoms with Crippen LogP contribution in [0, 0.1) is 0 Å². The molecule has 0 bridgehead atoms. The Morgan fingerprint density at radius 2 is 1.29 bits per heavy atom. The minimum absolute atomic E-state index is 0. The molecule has 0 unspecified atom stereocenters. The summed E-state index contributed by atoms with van der Waals surface area (Å²) in [7, 11) is -4.14. The maximum atomic E-state index is 9.10. The zero-order valence-electron chi connectivity index (χ0n) is 3.14. The highest BCUT2D eigenvalue weighted by atomic mass is 31.2. The molecule has 0 heterocycles. The van der Waals surface area contributed by atoms with Crippen LogP contribution in [0.1, 0.15) is 0 Å². The second kappa shape index (κ2) is 4.14. The van der Waals surface area contributed by atoms with Crippen LogP contribution in [0.15, 0.2) is 0 Å². The summed E-state index contributed by atoms with van der Waals surface area (Å²) in [4.78, 5) is 14.8. The SMILES string of the molecule is F.F.NP(=O)(O)O. The van der Waals surface area contributed by atoms with Crippen molar-refractivity contribution >= 4 is 7.75 Å². The molecule has 7 heavy (non-hydrogen) atoms. The predicted octanol–water partition coefficient (Wildman–Crippen LogP) is -0.657. The van der Waals surface area contributed by atoms with E-state index in [0.29, 0.717) is 0 Å². The predicted molar refractivity (Wildman–Crippen MR) is 21.2 cm³/mol. The van der Waals surface area contributed by atoms with Crippen molar-refractivity contribution in [2.45, 2.75) is 0 Å². The summed E-state index contributed by atoms with van der Waals surface area (Å²) in [5.74, 6) is 0. The van der Waals surface area contributed by atoms with Gasteiger partial charge < -0.3 is 9.79 Å². The minimum atomic E-state index is -4.14. The molecule has 0 rings (SSSR count). The maximum absolute atomic E-state index is 9.10. The molecule has 0 saturated carbocycles. The second-order valence-electron chi connectivity index (χ2n) is 0.589. The summed E-state index contributed by atoms with van der Waals surface area (Å²) in [5.41, 5.74) is 4.02. The fourth-order valence-corrected chi connectivity index (χ4v) is 0. The van der Waals surface area contributed by atoms with Crippen LogP contribution < -0.4 is 5.50 Å². The Kier molecular flexibility index (Phi) is 9.32. The lowest BCUT2D eigenvalue weighted by Crippen LogP contribution is -1.87. The van der Waals surface area contributed by atoms with E-state index in [2.05, 4.69) is 5.50 Å². The normalized spacial score (nSPS) is 8.43. The van der Waals surface area contributed by atoms with Gasteiger partial charge in [-0.15, -0.1) is 0 Å². The van der Waals surface area contributed by atoms with Gasteiger partial charge in [-0.1, -0.05) is 0 Å². The minimum Gasteiger partial charge on any atom is -0.313 e. The molecule has 0 aromatic heterocycles. The maximum Gasteiger partial charge on any atom is 0.397 e. The number of halogens is 2. The Bertz CT molecular complexity index is 59.1. The van der Waals surface area contributed by atoms with Gasteiger partial charge in [0.25, 0.3) is 0 Å². The van der Waals surface area contributed by atoms with Gasteiger partial charge in [0.1, 0.15) is 0 Å². The Labute approximate surface area is 38.3 Å². The van der Waals surface area contributed by atoms with E-state index in [1.165, 1.54) is 0 Å². The van der Waals surface area contributed by atoms with Gasteiger partial charge >= 0.3 is 7.75 Å². The van der Waals surface area contributed by atoms with Gasteiger partial charge in [-0.05, 0) is 0 Å². The van der Waals surface area contributed by atoms with Crippen molar-refractivity contribution in [1.82, 2.24) is 0 Å². The highest BCUT2D eigenvalue weighted by Gasteiger charge is 1.96. The molecule has 0 spiro atoms. The highest BCUT2D eigenvalue weighted by Crippen LogP contribution is 2.20. The van der Waals surface area contributed by atoms with Crippen molar-refractivity contribution in [3.63, 3.8) is 0 Å². The monoisotopic (exact) mass is 137 g/mol. The first kappa shape index (κ1) is 15.8. The Balaban J connectivity index is -0.0000000800. The lowest BCUT2D eigenvalue weighted by atomic mass is 13.9. The second-order valence-corrected chi connectivity index (χ2v) is 1.77. The third-order valence-corrected chi connectivity index (χ3v) is 0. The lowest BCUT2D eigenvalue weighted by Gasteiger charge is -1.84. The molecule has 0 amide bonds. The Hall–Kier alpha value is -0.0300. The van der Waals surface area contributed by atoms with Crippen molar-refractivity contribution in [3.05, 3.63) is 0 Å². The summed E-state index contributed by atoms with van der Waals surface area (Å²) in [6.07, 6.45) is 0. The fraction of sp³-hybridized carbons (Fsp3) is 0. The highest BCUT2D eigenvalue weighted by molar-refractivity contribution is 7.49. The van der Waals surface area contributed by atoms with Gasteiger partial charge in [0.15, 0.2) is 0 Å². The molecular formula is H6F2NO3P. The van der Waals surface area contributed by atoms with E-state index >= 15 is 0 Å². The van der Waals surface area contributed by atoms with E-state index in [4.69, 9.17) is 14.4 Å². The van der Waals surface area contributed by atoms with Crippen molar-refractivity contribution < 1.29 is 23.8 Å². The van der Waals surface area contributed by atoms with Crippen molar-refractivity contribution in [2.24, 2.45) is 5.50 Å². The molecule has 0 saturated heterocycles. The third-order valence-electron chi connectivity index (χ3n) is 0. The lowest BCUT2D eigenvalue weighted by molar-refractivity contribution is 0.374. The summed E-state index contributed by atoms with van der Waals surface area (Å²) < 4.78 is 9.10. The molecule has 0 aliphatic rings. The summed E-state index contributed by atoms with van der Waals surface area (Å²) >= 11 is 0. The number of nitrogens with two attached hydrogens (primary N) is 1. The van der Waals surface area contributed by atoms with Crippen LogP contribution in [0.5, 0.6) is 0 Å². The van der Waals surface area contributed by atoms with E-state index in [0.717, 1.165) is 0 Å². The van der Waals surface area contributed by atoms with E-state index in [1.54, 1.807) is 0 Å². The van der Waals surface area contributed by atoms with Gasteiger partial charge in [-0.25, -0.2) is 10.1 Å². The van der Waals surface area contributed by atoms with Crippen LogP contribution in [0.3, 0.4) is 0 Å². The number of rotatable bonds is 0. The van der Waals surface area contributed by atoms with E-state index in [-0.39, 0.29) is 9.41 Å². The van der Waals surface area contributed by atoms with Crippen LogP contribution >= 0.6 is 7.75 Å². The van der Waals surface area contributed by atoms with Gasteiger partial charge in [0.05, 0.1) is 0 Å². The van der Waals surface area contributed by atoms with Crippen LogP contribution in [-0.4, -0.2) is 9.79 Å². The summed E-state index contributed by atoms with van der Waals surface area (Å²) in [6, 6.07) is 0. The van der Waals surface area contributed by atoms with Gasteiger partial charge in [-0.3, -0.25) is 9.41 Å². The largest absolute Gasteiger partial charge is 0.397 e. The van der Waals surface area contributed by atoms with E-state index in [1.807, 2.05) is 0 Å². The molecule has 48 valence electrons. The van der Waals surface area contributed by atoms with Crippen LogP contribution in [0.25, 0.3) is 0 Å². The zero-order chi connectivity index (χ0) is 4.50. The number of hydrogen-bond donors (Lipinski definition) is 3. The molecular weight excluding hydrogens is 131 g/mol. The van der Waals surface area contributed by atoms with Gasteiger partial charge in [-0.2, -0.15) is 0 Å². The quantitative estimate of drug-likeness (QED) is 0.387. The molecule has 4 N–H and O–H groups in total. The summed E-state index contributed by atoms with van der Waals surface area (Å²) in [6.45, 7) is 0. The topological polar surface area (TPSA) is 83.6 Å². The smallest absolute Gasteiger partial charge is 0.313 e. The van der Waals surface area contributed by atoms with E-state index in [9.17, 15) is 0 Å². The standard InChI is InChI=1S/2FH.H4NO3P/c;;1-5(2,3)4/h2*1H;(H4,1,2,3,4). The first-order valence-electron chi connectivity index (χ1n) is 0.841. The molecule has 0 fully saturated rings. The van der Waals surface area contributed by atoms with Crippen molar-refractivity contribution in [2.75, 3.05) is 0 Å². The first-order valence-corrected chi connectivity index (χ1v) is 2.52. The molecule has 0 aromatic carbocycles. The van der Waals surface area contributed by atoms with Crippen molar-refractivity contribution in [1.29, 1.82) is 0 Å². The zero-order valence-corrected chi connectivity index (χ0v) is 4.04. The molecule has 0 radical (unpaired) electrons. The molecule has 7 heteroatoms. The molecule has 0 atom stereocenters. The van der Waals surface area contributed by atoms with Crippen LogP contribution in [-0.2, 0) is 4.57 Å². The van der Waals surface area contributed by atoms with Gasteiger partial charge in [0, 0.05) is 0 Å². The molecule has 0 aliphatic heterocycles. The van der Waals surface area contributed by atoms with Gasteiger partial charge in [0.2, 0.25) is 0 Å². The fourth-order valence-electron chi connectivity index (χ4n) is 0.